The van der Waals surface area contributed by atoms with Gasteiger partial charge in [0, 0.05) is 11.3 Å². The molecule has 9 heteroatoms. The largest absolute Gasteiger partial charge is 0.442 e. The Hall–Kier alpha value is -3.36. The van der Waals surface area contributed by atoms with Gasteiger partial charge in [-0.3, -0.25) is 10.1 Å². The Balaban J connectivity index is 1.91. The van der Waals surface area contributed by atoms with E-state index in [0.29, 0.717) is 5.56 Å². The Bertz CT molecular complexity index is 909. The number of carbonyl (C=O) groups excluding carboxylic acids is 1. The molecule has 0 aliphatic carbocycles. The first-order chi connectivity index (χ1) is 12.3. The highest BCUT2D eigenvalue weighted by Crippen LogP contribution is 2.36. The number of carbonyl (C=O) groups is 1. The van der Waals surface area contributed by atoms with Crippen molar-refractivity contribution in [2.75, 3.05) is 5.32 Å². The van der Waals surface area contributed by atoms with Crippen LogP contribution in [0.5, 0.6) is 0 Å². The predicted octanol–water partition coefficient (Wildman–Crippen LogP) is 4.15. The zero-order valence-electron chi connectivity index (χ0n) is 13.0. The number of anilines is 1. The van der Waals surface area contributed by atoms with Gasteiger partial charge in [0.15, 0.2) is 0 Å². The number of cyclic esters (lactones) is 1. The second-order valence-electron chi connectivity index (χ2n) is 5.42. The molecule has 2 aromatic carbocycles. The summed E-state index contributed by atoms with van der Waals surface area (Å²) in [6, 6.07) is 10.4. The Kier molecular flexibility index (Phi) is 4.37. The van der Waals surface area contributed by atoms with Gasteiger partial charge in [-0.25, -0.2) is 4.79 Å². The summed E-state index contributed by atoms with van der Waals surface area (Å²) in [5.41, 5.74) is -0.843. The summed E-state index contributed by atoms with van der Waals surface area (Å²) in [5, 5.41) is 13.8. The molecular formula is C17H11F3N2O4. The van der Waals surface area contributed by atoms with E-state index in [1.807, 2.05) is 0 Å². The number of hydrogen-bond donors (Lipinski definition) is 1. The first-order valence-corrected chi connectivity index (χ1v) is 7.35. The fraction of sp³-hybridized carbons (Fsp3) is 0.118. The summed E-state index contributed by atoms with van der Waals surface area (Å²) in [4.78, 5) is 22.4. The fourth-order valence-corrected chi connectivity index (χ4v) is 2.53. The second-order valence-corrected chi connectivity index (χ2v) is 5.42. The van der Waals surface area contributed by atoms with Crippen molar-refractivity contribution in [3.8, 4) is 0 Å². The number of nitrogens with zero attached hydrogens (tertiary/aromatic N) is 1. The van der Waals surface area contributed by atoms with Crippen LogP contribution in [0, 0.1) is 10.1 Å². The fourth-order valence-electron chi connectivity index (χ4n) is 2.53. The van der Waals surface area contributed by atoms with Gasteiger partial charge in [0.1, 0.15) is 0 Å². The third-order valence-corrected chi connectivity index (χ3v) is 3.74. The molecule has 3 rings (SSSR count). The lowest BCUT2D eigenvalue weighted by atomic mass is 10.0. The van der Waals surface area contributed by atoms with E-state index in [0.717, 1.165) is 18.3 Å². The molecule has 26 heavy (non-hydrogen) atoms. The molecule has 0 fully saturated rings. The summed E-state index contributed by atoms with van der Waals surface area (Å²) < 4.78 is 43.3. The van der Waals surface area contributed by atoms with Crippen molar-refractivity contribution < 1.29 is 27.6 Å². The minimum atomic E-state index is -4.53. The smallest absolute Gasteiger partial charge is 0.416 e. The quantitative estimate of drug-likeness (QED) is 0.501. The number of esters is 1. The topological polar surface area (TPSA) is 81.5 Å². The monoisotopic (exact) mass is 364 g/mol. The van der Waals surface area contributed by atoms with Crippen LogP contribution in [0.1, 0.15) is 27.6 Å². The maximum atomic E-state index is 12.7. The molecular weight excluding hydrogens is 353 g/mol. The Labute approximate surface area is 145 Å². The van der Waals surface area contributed by atoms with E-state index in [-0.39, 0.29) is 11.3 Å². The molecule has 1 aliphatic rings. The van der Waals surface area contributed by atoms with Gasteiger partial charge in [0.2, 0.25) is 6.10 Å². The van der Waals surface area contributed by atoms with E-state index >= 15 is 0 Å². The Morgan fingerprint density at radius 1 is 1.19 bits per heavy atom. The van der Waals surface area contributed by atoms with Crippen molar-refractivity contribution in [2.24, 2.45) is 0 Å². The lowest BCUT2D eigenvalue weighted by Gasteiger charge is -2.10. The number of fused-ring (bicyclic) bond motifs is 1. The third-order valence-electron chi connectivity index (χ3n) is 3.74. The van der Waals surface area contributed by atoms with E-state index in [4.69, 9.17) is 4.74 Å². The number of halogens is 3. The maximum Gasteiger partial charge on any atom is 0.416 e. The van der Waals surface area contributed by atoms with Crippen molar-refractivity contribution in [2.45, 2.75) is 12.3 Å². The minimum absolute atomic E-state index is 0.0109. The van der Waals surface area contributed by atoms with Crippen molar-refractivity contribution in [1.29, 1.82) is 0 Å². The van der Waals surface area contributed by atoms with E-state index in [9.17, 15) is 28.1 Å². The molecule has 0 aromatic heterocycles. The van der Waals surface area contributed by atoms with Crippen molar-refractivity contribution >= 4 is 11.7 Å². The average Bonchev–Trinajstić information content (AvgIpc) is 2.92. The molecule has 0 saturated carbocycles. The van der Waals surface area contributed by atoms with E-state index in [1.54, 1.807) is 12.1 Å². The van der Waals surface area contributed by atoms with Crippen LogP contribution < -0.4 is 5.32 Å². The number of nitrogens with one attached hydrogen (secondary N) is 1. The van der Waals surface area contributed by atoms with E-state index in [2.05, 4.69) is 5.32 Å². The standard InChI is InChI=1S/C17H11F3N2O4/c18-17(19,20)10-4-3-5-11(8-10)21-9-14(22(24)25)15-12-6-1-2-7-13(12)16(23)26-15/h1-9,15,21H/t15-/m0/s1. The van der Waals surface area contributed by atoms with Gasteiger partial charge < -0.3 is 10.1 Å². The third kappa shape index (κ3) is 3.37. The van der Waals surface area contributed by atoms with Gasteiger partial charge in [0.05, 0.1) is 22.3 Å². The molecule has 2 aromatic rings. The van der Waals surface area contributed by atoms with E-state index < -0.39 is 34.4 Å². The number of hydrogen-bond acceptors (Lipinski definition) is 5. The van der Waals surface area contributed by atoms with Gasteiger partial charge in [-0.1, -0.05) is 24.3 Å². The van der Waals surface area contributed by atoms with Gasteiger partial charge in [0.25, 0.3) is 0 Å². The summed E-state index contributed by atoms with van der Waals surface area (Å²) in [6.45, 7) is 0. The number of benzene rings is 2. The van der Waals surface area contributed by atoms with Crippen LogP contribution in [0.4, 0.5) is 18.9 Å². The lowest BCUT2D eigenvalue weighted by molar-refractivity contribution is -0.436. The van der Waals surface area contributed by atoms with Crippen LogP contribution in [0.3, 0.4) is 0 Å². The minimum Gasteiger partial charge on any atom is -0.442 e. The molecule has 1 atom stereocenters. The Morgan fingerprint density at radius 2 is 1.92 bits per heavy atom. The van der Waals surface area contributed by atoms with Gasteiger partial charge in [-0.2, -0.15) is 13.2 Å². The summed E-state index contributed by atoms with van der Waals surface area (Å²) in [7, 11) is 0. The van der Waals surface area contributed by atoms with Crippen LogP contribution >= 0.6 is 0 Å². The van der Waals surface area contributed by atoms with Crippen LogP contribution in [-0.2, 0) is 10.9 Å². The lowest BCUT2D eigenvalue weighted by Crippen LogP contribution is -2.12. The van der Waals surface area contributed by atoms with Crippen molar-refractivity contribution in [1.82, 2.24) is 0 Å². The summed E-state index contributed by atoms with van der Waals surface area (Å²) >= 11 is 0. The van der Waals surface area contributed by atoms with Crippen LogP contribution in [0.15, 0.2) is 60.4 Å². The molecule has 6 nitrogen and oxygen atoms in total. The normalized spacial score (nSPS) is 16.8. The Morgan fingerprint density at radius 3 is 2.62 bits per heavy atom. The SMILES string of the molecule is O=C1O[C@H](C(=CNc2cccc(C(F)(F)F)c2)[N+](=O)[O-])c2ccccc21. The van der Waals surface area contributed by atoms with Gasteiger partial charge in [-0.15, -0.1) is 0 Å². The molecule has 0 unspecified atom stereocenters. The molecule has 0 spiro atoms. The number of rotatable bonds is 4. The zero-order valence-corrected chi connectivity index (χ0v) is 13.0. The highest BCUT2D eigenvalue weighted by atomic mass is 19.4. The molecule has 1 heterocycles. The molecule has 1 aliphatic heterocycles. The van der Waals surface area contributed by atoms with E-state index in [1.165, 1.54) is 24.3 Å². The van der Waals surface area contributed by atoms with Crippen LogP contribution in [-0.4, -0.2) is 10.9 Å². The van der Waals surface area contributed by atoms with Crippen LogP contribution in [0.25, 0.3) is 0 Å². The molecule has 0 saturated heterocycles. The second kappa shape index (κ2) is 6.51. The van der Waals surface area contributed by atoms with Crippen molar-refractivity contribution in [3.63, 3.8) is 0 Å². The van der Waals surface area contributed by atoms with Crippen LogP contribution in [0.2, 0.25) is 0 Å². The maximum absolute atomic E-state index is 12.7. The zero-order chi connectivity index (χ0) is 18.9. The predicted molar refractivity (Wildman–Crippen MR) is 84.7 cm³/mol. The molecule has 0 amide bonds. The van der Waals surface area contributed by atoms with Gasteiger partial charge >= 0.3 is 17.8 Å². The van der Waals surface area contributed by atoms with Crippen molar-refractivity contribution in [3.05, 3.63) is 87.2 Å². The summed E-state index contributed by atoms with van der Waals surface area (Å²) in [5.74, 6) is -0.697. The number of ether oxygens (including phenoxy) is 1. The highest BCUT2D eigenvalue weighted by Gasteiger charge is 2.39. The average molecular weight is 364 g/mol. The first-order valence-electron chi connectivity index (χ1n) is 7.35. The number of nitro groups is 1. The highest BCUT2D eigenvalue weighted by molar-refractivity contribution is 5.94. The number of alkyl halides is 3. The molecule has 0 radical (unpaired) electrons. The first kappa shape index (κ1) is 17.5. The molecule has 0 bridgehead atoms. The summed E-state index contributed by atoms with van der Waals surface area (Å²) in [6.07, 6.45) is -4.85. The molecule has 134 valence electrons. The van der Waals surface area contributed by atoms with Gasteiger partial charge in [-0.05, 0) is 24.3 Å². The molecule has 1 N–H and O–H groups in total.